The van der Waals surface area contributed by atoms with E-state index in [1.165, 1.54) is 0 Å². The maximum absolute atomic E-state index is 8.67. The molecule has 0 radical (unpaired) electrons. The van der Waals surface area contributed by atoms with Crippen LogP contribution in [0.4, 0.5) is 5.69 Å². The molecule has 5 heteroatoms. The lowest BCUT2D eigenvalue weighted by molar-refractivity contribution is 0.201. The summed E-state index contributed by atoms with van der Waals surface area (Å²) < 4.78 is 7.21. The maximum Gasteiger partial charge on any atom is 0.119 e. The second-order valence-electron chi connectivity index (χ2n) is 4.15. The molecule has 1 aromatic carbocycles. The minimum Gasteiger partial charge on any atom is -0.491 e. The van der Waals surface area contributed by atoms with Crippen LogP contribution in [0.2, 0.25) is 0 Å². The lowest BCUT2D eigenvalue weighted by Crippen LogP contribution is -2.02. The van der Waals surface area contributed by atoms with Gasteiger partial charge in [0, 0.05) is 30.5 Å². The molecule has 0 amide bonds. The minimum atomic E-state index is 0.0292. The lowest BCUT2D eigenvalue weighted by atomic mass is 10.3. The number of nitrogens with one attached hydrogen (secondary N) is 1. The molecule has 2 aromatic rings. The van der Waals surface area contributed by atoms with Crippen LogP contribution in [-0.4, -0.2) is 28.1 Å². The monoisotopic (exact) mass is 261 g/mol. The van der Waals surface area contributed by atoms with E-state index in [1.54, 1.807) is 0 Å². The summed E-state index contributed by atoms with van der Waals surface area (Å²) in [6, 6.07) is 7.68. The van der Waals surface area contributed by atoms with Gasteiger partial charge in [-0.15, -0.1) is 0 Å². The summed E-state index contributed by atoms with van der Waals surface area (Å²) in [4.78, 5) is 0. The fourth-order valence-corrected chi connectivity index (χ4v) is 1.71. The Morgan fingerprint density at radius 3 is 2.74 bits per heavy atom. The molecule has 0 saturated carbocycles. The summed E-state index contributed by atoms with van der Waals surface area (Å²) in [5.74, 6) is 0.762. The Labute approximate surface area is 112 Å². The summed E-state index contributed by atoms with van der Waals surface area (Å²) in [6.07, 6.45) is 3.90. The summed E-state index contributed by atoms with van der Waals surface area (Å²) in [5.41, 5.74) is 2.18. The van der Waals surface area contributed by atoms with Crippen LogP contribution in [0.1, 0.15) is 12.5 Å². The molecule has 0 unspecified atom stereocenters. The Balaban J connectivity index is 1.85. The van der Waals surface area contributed by atoms with Crippen LogP contribution in [0.25, 0.3) is 0 Å². The van der Waals surface area contributed by atoms with Crippen molar-refractivity contribution in [3.63, 3.8) is 0 Å². The Bertz CT molecular complexity index is 494. The first-order valence-corrected chi connectivity index (χ1v) is 6.40. The number of anilines is 1. The van der Waals surface area contributed by atoms with E-state index in [0.717, 1.165) is 30.1 Å². The average molecular weight is 261 g/mol. The number of aromatic nitrogens is 2. The van der Waals surface area contributed by atoms with Gasteiger partial charge >= 0.3 is 0 Å². The van der Waals surface area contributed by atoms with Gasteiger partial charge < -0.3 is 15.2 Å². The van der Waals surface area contributed by atoms with Gasteiger partial charge in [-0.2, -0.15) is 5.10 Å². The standard InChI is InChI=1S/C14H19N3O2/c1-2-17-11-12(10-16-17)9-15-13-3-5-14(6-4-13)19-8-7-18/h3-6,10-11,15,18H,2,7-9H2,1H3. The van der Waals surface area contributed by atoms with Gasteiger partial charge in [-0.25, -0.2) is 0 Å². The zero-order chi connectivity index (χ0) is 13.5. The number of aryl methyl sites for hydroxylation is 1. The van der Waals surface area contributed by atoms with Crippen LogP contribution in [0, 0.1) is 0 Å². The van der Waals surface area contributed by atoms with Crippen LogP contribution in [0.15, 0.2) is 36.7 Å². The number of aliphatic hydroxyl groups is 1. The van der Waals surface area contributed by atoms with Crippen molar-refractivity contribution in [2.24, 2.45) is 0 Å². The molecule has 2 rings (SSSR count). The number of rotatable bonds is 7. The molecule has 0 aliphatic carbocycles. The number of ether oxygens (including phenoxy) is 1. The number of hydrogen-bond donors (Lipinski definition) is 2. The number of benzene rings is 1. The number of nitrogens with zero attached hydrogens (tertiary/aromatic N) is 2. The highest BCUT2D eigenvalue weighted by atomic mass is 16.5. The van der Waals surface area contributed by atoms with Gasteiger partial charge in [0.05, 0.1) is 12.8 Å². The van der Waals surface area contributed by atoms with Crippen LogP contribution in [-0.2, 0) is 13.1 Å². The highest BCUT2D eigenvalue weighted by Crippen LogP contribution is 2.16. The van der Waals surface area contributed by atoms with E-state index in [9.17, 15) is 0 Å². The molecule has 0 aliphatic rings. The summed E-state index contributed by atoms with van der Waals surface area (Å²) >= 11 is 0. The third-order valence-electron chi connectivity index (χ3n) is 2.72. The summed E-state index contributed by atoms with van der Waals surface area (Å²) in [7, 11) is 0. The van der Waals surface area contributed by atoms with Crippen molar-refractivity contribution in [3.8, 4) is 5.75 Å². The van der Waals surface area contributed by atoms with Crippen molar-refractivity contribution >= 4 is 5.69 Å². The molecule has 5 nitrogen and oxygen atoms in total. The second kappa shape index (κ2) is 6.80. The van der Waals surface area contributed by atoms with Crippen molar-refractivity contribution < 1.29 is 9.84 Å². The van der Waals surface area contributed by atoms with E-state index in [2.05, 4.69) is 17.3 Å². The minimum absolute atomic E-state index is 0.0292. The highest BCUT2D eigenvalue weighted by molar-refractivity contribution is 5.46. The average Bonchev–Trinajstić information content (AvgIpc) is 2.92. The molecule has 19 heavy (non-hydrogen) atoms. The molecular weight excluding hydrogens is 242 g/mol. The third-order valence-corrected chi connectivity index (χ3v) is 2.72. The van der Waals surface area contributed by atoms with Gasteiger partial charge in [0.1, 0.15) is 12.4 Å². The van der Waals surface area contributed by atoms with Gasteiger partial charge in [0.25, 0.3) is 0 Å². The quantitative estimate of drug-likeness (QED) is 0.799. The third kappa shape index (κ3) is 3.99. The Kier molecular flexibility index (Phi) is 4.80. The summed E-state index contributed by atoms with van der Waals surface area (Å²) in [6.45, 7) is 4.05. The molecule has 0 spiro atoms. The molecule has 1 heterocycles. The molecule has 0 fully saturated rings. The zero-order valence-electron chi connectivity index (χ0n) is 11.0. The molecular formula is C14H19N3O2. The van der Waals surface area contributed by atoms with Gasteiger partial charge in [0.15, 0.2) is 0 Å². The number of hydrogen-bond acceptors (Lipinski definition) is 4. The Morgan fingerprint density at radius 2 is 2.11 bits per heavy atom. The summed E-state index contributed by atoms with van der Waals surface area (Å²) in [5, 5.41) is 16.2. The van der Waals surface area contributed by atoms with Crippen molar-refractivity contribution in [3.05, 3.63) is 42.2 Å². The Morgan fingerprint density at radius 1 is 1.32 bits per heavy atom. The van der Waals surface area contributed by atoms with Crippen molar-refractivity contribution in [1.82, 2.24) is 9.78 Å². The van der Waals surface area contributed by atoms with E-state index in [-0.39, 0.29) is 6.61 Å². The normalized spacial score (nSPS) is 10.4. The van der Waals surface area contributed by atoms with Gasteiger partial charge in [-0.1, -0.05) is 0 Å². The molecule has 102 valence electrons. The fraction of sp³-hybridized carbons (Fsp3) is 0.357. The van der Waals surface area contributed by atoms with Gasteiger partial charge in [-0.3, -0.25) is 4.68 Å². The fourth-order valence-electron chi connectivity index (χ4n) is 1.71. The Hall–Kier alpha value is -2.01. The SMILES string of the molecule is CCn1cc(CNc2ccc(OCCO)cc2)cn1. The second-order valence-corrected chi connectivity index (χ2v) is 4.15. The van der Waals surface area contributed by atoms with Crippen LogP contribution >= 0.6 is 0 Å². The van der Waals surface area contributed by atoms with Gasteiger partial charge in [0.2, 0.25) is 0 Å². The molecule has 0 bridgehead atoms. The van der Waals surface area contributed by atoms with Crippen molar-refractivity contribution in [2.45, 2.75) is 20.0 Å². The number of aliphatic hydroxyl groups excluding tert-OH is 1. The van der Waals surface area contributed by atoms with E-state index < -0.39 is 0 Å². The topological polar surface area (TPSA) is 59.3 Å². The first-order valence-electron chi connectivity index (χ1n) is 6.40. The van der Waals surface area contributed by atoms with Crippen LogP contribution < -0.4 is 10.1 Å². The highest BCUT2D eigenvalue weighted by Gasteiger charge is 1.98. The van der Waals surface area contributed by atoms with E-state index in [1.807, 2.05) is 41.3 Å². The van der Waals surface area contributed by atoms with E-state index >= 15 is 0 Å². The van der Waals surface area contributed by atoms with Crippen LogP contribution in [0.3, 0.4) is 0 Å². The first kappa shape index (κ1) is 13.4. The predicted molar refractivity (Wildman–Crippen MR) is 74.3 cm³/mol. The van der Waals surface area contributed by atoms with Gasteiger partial charge in [-0.05, 0) is 31.2 Å². The molecule has 0 aliphatic heterocycles. The van der Waals surface area contributed by atoms with E-state index in [0.29, 0.717) is 6.61 Å². The molecule has 1 aromatic heterocycles. The van der Waals surface area contributed by atoms with E-state index in [4.69, 9.17) is 9.84 Å². The first-order chi connectivity index (χ1) is 9.31. The smallest absolute Gasteiger partial charge is 0.119 e. The lowest BCUT2D eigenvalue weighted by Gasteiger charge is -2.07. The zero-order valence-corrected chi connectivity index (χ0v) is 11.0. The molecule has 0 atom stereocenters. The largest absolute Gasteiger partial charge is 0.491 e. The molecule has 2 N–H and O–H groups in total. The van der Waals surface area contributed by atoms with Crippen molar-refractivity contribution in [1.29, 1.82) is 0 Å². The maximum atomic E-state index is 8.67. The van der Waals surface area contributed by atoms with Crippen molar-refractivity contribution in [2.75, 3.05) is 18.5 Å². The van der Waals surface area contributed by atoms with Crippen LogP contribution in [0.5, 0.6) is 5.75 Å². The predicted octanol–water partition coefficient (Wildman–Crippen LogP) is 1.89. The molecule has 0 saturated heterocycles.